The number of nitrogens with zero attached hydrogens (tertiary/aromatic N) is 2. The third kappa shape index (κ3) is 2.07. The molecular weight excluding hydrogens is 236 g/mol. The second-order valence-corrected chi connectivity index (χ2v) is 4.66. The number of hydrogen-bond donors (Lipinski definition) is 0. The third-order valence-corrected chi connectivity index (χ3v) is 3.48. The maximum atomic E-state index is 12.0. The summed E-state index contributed by atoms with van der Waals surface area (Å²) in [5, 5.41) is 6.46. The van der Waals surface area contributed by atoms with E-state index in [1.807, 2.05) is 32.9 Å². The number of carbonyl (C=O) groups is 1. The van der Waals surface area contributed by atoms with Crippen molar-refractivity contribution in [1.29, 1.82) is 0 Å². The van der Waals surface area contributed by atoms with Gasteiger partial charge in [0.05, 0.1) is 17.3 Å². The highest BCUT2D eigenvalue weighted by atomic mass is 35.5. The van der Waals surface area contributed by atoms with Gasteiger partial charge in [0.15, 0.2) is 0 Å². The molecule has 90 valence electrons. The molecule has 0 aliphatic carbocycles. The standard InChI is InChI=1S/C13H15ClN2O/c1-4-12-9(3)13(17)16(15-12)10-6-5-8(2)11(14)7-10/h5-7,9H,4H2,1-3H3. The quantitative estimate of drug-likeness (QED) is 0.792. The summed E-state index contributed by atoms with van der Waals surface area (Å²) in [5.74, 6) is -0.109. The van der Waals surface area contributed by atoms with Crippen molar-refractivity contribution in [1.82, 2.24) is 0 Å². The summed E-state index contributed by atoms with van der Waals surface area (Å²) < 4.78 is 0. The molecule has 3 nitrogen and oxygen atoms in total. The lowest BCUT2D eigenvalue weighted by Crippen LogP contribution is -2.25. The van der Waals surface area contributed by atoms with E-state index in [1.165, 1.54) is 5.01 Å². The fraction of sp³-hybridized carbons (Fsp3) is 0.385. The van der Waals surface area contributed by atoms with Crippen LogP contribution in [0.3, 0.4) is 0 Å². The zero-order valence-electron chi connectivity index (χ0n) is 10.2. The van der Waals surface area contributed by atoms with Gasteiger partial charge in [-0.25, -0.2) is 5.01 Å². The van der Waals surface area contributed by atoms with Crippen LogP contribution in [0.1, 0.15) is 25.8 Å². The number of benzene rings is 1. The normalized spacial score (nSPS) is 19.8. The maximum absolute atomic E-state index is 12.0. The molecule has 0 saturated heterocycles. The Hall–Kier alpha value is -1.35. The van der Waals surface area contributed by atoms with E-state index < -0.39 is 0 Å². The Kier molecular flexibility index (Phi) is 3.20. The van der Waals surface area contributed by atoms with Crippen LogP contribution in [0.5, 0.6) is 0 Å². The summed E-state index contributed by atoms with van der Waals surface area (Å²) in [7, 11) is 0. The van der Waals surface area contributed by atoms with E-state index >= 15 is 0 Å². The van der Waals surface area contributed by atoms with E-state index in [0.717, 1.165) is 23.4 Å². The Labute approximate surface area is 106 Å². The van der Waals surface area contributed by atoms with Crippen molar-refractivity contribution in [2.45, 2.75) is 27.2 Å². The smallest absolute Gasteiger partial charge is 0.255 e. The molecule has 0 bridgehead atoms. The minimum absolute atomic E-state index is 0.0155. The van der Waals surface area contributed by atoms with Crippen molar-refractivity contribution in [3.63, 3.8) is 0 Å². The van der Waals surface area contributed by atoms with E-state index in [4.69, 9.17) is 11.6 Å². The number of amides is 1. The molecule has 0 aromatic heterocycles. The molecule has 1 aliphatic rings. The number of aryl methyl sites for hydroxylation is 1. The van der Waals surface area contributed by atoms with E-state index in [-0.39, 0.29) is 11.8 Å². The molecule has 1 amide bonds. The first-order valence-corrected chi connectivity index (χ1v) is 6.10. The average Bonchev–Trinajstić information content (AvgIpc) is 2.60. The summed E-state index contributed by atoms with van der Waals surface area (Å²) in [6.45, 7) is 5.83. The average molecular weight is 251 g/mol. The van der Waals surface area contributed by atoms with Crippen LogP contribution in [0.2, 0.25) is 5.02 Å². The lowest BCUT2D eigenvalue weighted by atomic mass is 10.0. The van der Waals surface area contributed by atoms with Crippen LogP contribution < -0.4 is 5.01 Å². The van der Waals surface area contributed by atoms with Gasteiger partial charge in [-0.3, -0.25) is 4.79 Å². The van der Waals surface area contributed by atoms with Gasteiger partial charge in [-0.15, -0.1) is 0 Å². The Bertz CT molecular complexity index is 496. The van der Waals surface area contributed by atoms with Gasteiger partial charge in [0.2, 0.25) is 0 Å². The number of hydrazone groups is 1. The van der Waals surface area contributed by atoms with E-state index in [9.17, 15) is 4.79 Å². The van der Waals surface area contributed by atoms with Crippen LogP contribution in [0.15, 0.2) is 23.3 Å². The van der Waals surface area contributed by atoms with Crippen LogP contribution in [0.4, 0.5) is 5.69 Å². The van der Waals surface area contributed by atoms with E-state index in [0.29, 0.717) is 5.02 Å². The molecule has 0 radical (unpaired) electrons. The first kappa shape index (κ1) is 12.1. The fourth-order valence-electron chi connectivity index (χ4n) is 1.87. The zero-order chi connectivity index (χ0) is 12.6. The largest absolute Gasteiger partial charge is 0.272 e. The van der Waals surface area contributed by atoms with Crippen LogP contribution in [0.25, 0.3) is 0 Å². The van der Waals surface area contributed by atoms with Gasteiger partial charge >= 0.3 is 0 Å². The van der Waals surface area contributed by atoms with Gasteiger partial charge in [-0.1, -0.05) is 24.6 Å². The molecular formula is C13H15ClN2O. The first-order chi connectivity index (χ1) is 8.04. The van der Waals surface area contributed by atoms with Crippen molar-refractivity contribution < 1.29 is 4.79 Å². The maximum Gasteiger partial charge on any atom is 0.255 e. The van der Waals surface area contributed by atoms with Crippen LogP contribution in [-0.2, 0) is 4.79 Å². The molecule has 1 aromatic rings. The zero-order valence-corrected chi connectivity index (χ0v) is 11.0. The Morgan fingerprint density at radius 1 is 1.47 bits per heavy atom. The van der Waals surface area contributed by atoms with Gasteiger partial charge in [-0.05, 0) is 38.0 Å². The Morgan fingerprint density at radius 2 is 2.18 bits per heavy atom. The van der Waals surface area contributed by atoms with Crippen molar-refractivity contribution in [2.24, 2.45) is 11.0 Å². The molecule has 0 spiro atoms. The van der Waals surface area contributed by atoms with Crippen molar-refractivity contribution in [3.05, 3.63) is 28.8 Å². The van der Waals surface area contributed by atoms with Gasteiger partial charge in [-0.2, -0.15) is 5.10 Å². The van der Waals surface area contributed by atoms with Crippen LogP contribution >= 0.6 is 11.6 Å². The summed E-state index contributed by atoms with van der Waals surface area (Å²) >= 11 is 6.06. The third-order valence-electron chi connectivity index (χ3n) is 3.07. The minimum atomic E-state index is -0.125. The highest BCUT2D eigenvalue weighted by Gasteiger charge is 2.32. The molecule has 1 aliphatic heterocycles. The second kappa shape index (κ2) is 4.49. The lowest BCUT2D eigenvalue weighted by Gasteiger charge is -2.13. The monoisotopic (exact) mass is 250 g/mol. The number of carbonyl (C=O) groups excluding carboxylic acids is 1. The fourth-order valence-corrected chi connectivity index (χ4v) is 2.04. The SMILES string of the molecule is CCC1=NN(c2ccc(C)c(Cl)c2)C(=O)C1C. The molecule has 2 rings (SSSR count). The summed E-state index contributed by atoms with van der Waals surface area (Å²) in [4.78, 5) is 12.0. The summed E-state index contributed by atoms with van der Waals surface area (Å²) in [5.41, 5.74) is 2.66. The second-order valence-electron chi connectivity index (χ2n) is 4.25. The molecule has 0 saturated carbocycles. The van der Waals surface area contributed by atoms with Crippen LogP contribution in [0, 0.1) is 12.8 Å². The van der Waals surface area contributed by atoms with Gasteiger partial charge in [0.1, 0.15) is 0 Å². The highest BCUT2D eigenvalue weighted by Crippen LogP contribution is 2.28. The Morgan fingerprint density at radius 3 is 2.71 bits per heavy atom. The van der Waals surface area contributed by atoms with E-state index in [1.54, 1.807) is 6.07 Å². The predicted octanol–water partition coefficient (Wildman–Crippen LogP) is 3.40. The van der Waals surface area contributed by atoms with Crippen molar-refractivity contribution in [3.8, 4) is 0 Å². The molecule has 1 unspecified atom stereocenters. The summed E-state index contributed by atoms with van der Waals surface area (Å²) in [6.07, 6.45) is 0.795. The van der Waals surface area contributed by atoms with Crippen molar-refractivity contribution in [2.75, 3.05) is 5.01 Å². The minimum Gasteiger partial charge on any atom is -0.272 e. The molecule has 4 heteroatoms. The summed E-state index contributed by atoms with van der Waals surface area (Å²) in [6, 6.07) is 5.55. The molecule has 1 heterocycles. The Balaban J connectivity index is 2.38. The molecule has 0 fully saturated rings. The number of rotatable bonds is 2. The number of halogens is 1. The van der Waals surface area contributed by atoms with Gasteiger partial charge < -0.3 is 0 Å². The number of hydrogen-bond acceptors (Lipinski definition) is 2. The number of anilines is 1. The van der Waals surface area contributed by atoms with Crippen LogP contribution in [-0.4, -0.2) is 11.6 Å². The lowest BCUT2D eigenvalue weighted by molar-refractivity contribution is -0.119. The molecule has 1 atom stereocenters. The van der Waals surface area contributed by atoms with E-state index in [2.05, 4.69) is 5.10 Å². The molecule has 17 heavy (non-hydrogen) atoms. The topological polar surface area (TPSA) is 32.7 Å². The molecule has 1 aromatic carbocycles. The highest BCUT2D eigenvalue weighted by molar-refractivity contribution is 6.31. The van der Waals surface area contributed by atoms with Crippen molar-refractivity contribution >= 4 is 28.9 Å². The first-order valence-electron chi connectivity index (χ1n) is 5.72. The molecule has 0 N–H and O–H groups in total. The van der Waals surface area contributed by atoms with Gasteiger partial charge in [0.25, 0.3) is 5.91 Å². The predicted molar refractivity (Wildman–Crippen MR) is 70.6 cm³/mol. The van der Waals surface area contributed by atoms with Gasteiger partial charge in [0, 0.05) is 5.02 Å².